The first-order valence-electron chi connectivity index (χ1n) is 13.2. The van der Waals surface area contributed by atoms with E-state index in [1.54, 1.807) is 0 Å². The van der Waals surface area contributed by atoms with Crippen LogP contribution in [0.3, 0.4) is 0 Å². The Balaban J connectivity index is 1.16. The van der Waals surface area contributed by atoms with Gasteiger partial charge in [-0.3, -0.25) is 4.90 Å². The summed E-state index contributed by atoms with van der Waals surface area (Å²) in [6.45, 7) is 10.6. The van der Waals surface area contributed by atoms with Crippen LogP contribution in [0.15, 0.2) is 48.5 Å². The molecule has 2 aliphatic rings. The van der Waals surface area contributed by atoms with Gasteiger partial charge in [0.1, 0.15) is 0 Å². The maximum atomic E-state index is 2.61. The van der Waals surface area contributed by atoms with Crippen molar-refractivity contribution in [2.24, 2.45) is 0 Å². The van der Waals surface area contributed by atoms with E-state index in [0.29, 0.717) is 0 Å². The van der Waals surface area contributed by atoms with Crippen LogP contribution in [0.5, 0.6) is 0 Å². The molecule has 4 nitrogen and oxygen atoms in total. The molecule has 0 spiro atoms. The zero-order valence-electron chi connectivity index (χ0n) is 21.0. The largest absolute Gasteiger partial charge is 0.370 e. The number of likely N-dealkylation sites (N-methyl/N-ethyl adjacent to an activating group) is 2. The van der Waals surface area contributed by atoms with Crippen LogP contribution in [0.1, 0.15) is 42.4 Å². The van der Waals surface area contributed by atoms with Gasteiger partial charge in [-0.25, -0.2) is 0 Å². The molecule has 180 valence electrons. The van der Waals surface area contributed by atoms with Gasteiger partial charge in [-0.15, -0.1) is 0 Å². The van der Waals surface area contributed by atoms with Crippen LogP contribution in [-0.4, -0.2) is 81.2 Å². The Hall–Kier alpha value is -1.88. The second kappa shape index (κ2) is 12.5. The first-order valence-corrected chi connectivity index (χ1v) is 13.2. The Kier molecular flexibility index (Phi) is 9.22. The summed E-state index contributed by atoms with van der Waals surface area (Å²) in [4.78, 5) is 10.0. The summed E-state index contributed by atoms with van der Waals surface area (Å²) < 4.78 is 0. The van der Waals surface area contributed by atoms with E-state index in [2.05, 4.69) is 82.2 Å². The Bertz CT molecular complexity index is 817. The molecule has 0 saturated carbocycles. The van der Waals surface area contributed by atoms with Crippen LogP contribution in [0, 0.1) is 0 Å². The smallest absolute Gasteiger partial charge is 0.0366 e. The zero-order chi connectivity index (χ0) is 22.9. The zero-order valence-corrected chi connectivity index (χ0v) is 21.0. The van der Waals surface area contributed by atoms with Gasteiger partial charge < -0.3 is 14.7 Å². The van der Waals surface area contributed by atoms with Crippen LogP contribution in [0.2, 0.25) is 0 Å². The van der Waals surface area contributed by atoms with Crippen molar-refractivity contribution >= 4 is 5.69 Å². The SMILES string of the molecule is CN1CCCN(Cc2ccc(CCCCc3ccc(N4CCCN(C)CC4)cc3)cc2)CC1. The van der Waals surface area contributed by atoms with Crippen molar-refractivity contribution in [3.63, 3.8) is 0 Å². The highest BCUT2D eigenvalue weighted by Gasteiger charge is 2.13. The minimum absolute atomic E-state index is 1.10. The van der Waals surface area contributed by atoms with E-state index >= 15 is 0 Å². The molecular weight excluding hydrogens is 404 g/mol. The predicted molar refractivity (Wildman–Crippen MR) is 141 cm³/mol. The third kappa shape index (κ3) is 7.84. The molecule has 0 amide bonds. The van der Waals surface area contributed by atoms with Crippen molar-refractivity contribution in [3.8, 4) is 0 Å². The minimum Gasteiger partial charge on any atom is -0.370 e. The number of nitrogens with zero attached hydrogens (tertiary/aromatic N) is 4. The Morgan fingerprint density at radius 3 is 1.76 bits per heavy atom. The molecule has 2 aliphatic heterocycles. The third-order valence-electron chi connectivity index (χ3n) is 7.44. The normalized spacial score (nSPS) is 19.4. The lowest BCUT2D eigenvalue weighted by atomic mass is 10.0. The molecule has 2 aromatic carbocycles. The summed E-state index contributed by atoms with van der Waals surface area (Å²) in [6, 6.07) is 18.8. The van der Waals surface area contributed by atoms with E-state index in [1.165, 1.54) is 107 Å². The quantitative estimate of drug-likeness (QED) is 0.550. The average Bonchev–Trinajstić information content (AvgIpc) is 3.18. The fourth-order valence-corrected chi connectivity index (χ4v) is 5.16. The molecular formula is C29H44N4. The summed E-state index contributed by atoms with van der Waals surface area (Å²) in [5.74, 6) is 0. The molecule has 2 heterocycles. The lowest BCUT2D eigenvalue weighted by molar-refractivity contribution is 0.269. The van der Waals surface area contributed by atoms with Crippen molar-refractivity contribution < 1.29 is 0 Å². The van der Waals surface area contributed by atoms with Crippen molar-refractivity contribution in [1.82, 2.24) is 14.7 Å². The Labute approximate surface area is 202 Å². The fourth-order valence-electron chi connectivity index (χ4n) is 5.16. The molecule has 4 rings (SSSR count). The highest BCUT2D eigenvalue weighted by Crippen LogP contribution is 2.19. The van der Waals surface area contributed by atoms with Crippen molar-refractivity contribution in [2.45, 2.75) is 45.1 Å². The molecule has 0 radical (unpaired) electrons. The molecule has 0 atom stereocenters. The highest BCUT2D eigenvalue weighted by atomic mass is 15.2. The minimum atomic E-state index is 1.10. The van der Waals surface area contributed by atoms with Crippen LogP contribution in [0.25, 0.3) is 0 Å². The van der Waals surface area contributed by atoms with Crippen LogP contribution in [-0.2, 0) is 19.4 Å². The topological polar surface area (TPSA) is 13.0 Å². The van der Waals surface area contributed by atoms with Gasteiger partial charge in [-0.1, -0.05) is 36.4 Å². The van der Waals surface area contributed by atoms with Gasteiger partial charge in [0, 0.05) is 45.0 Å². The molecule has 0 N–H and O–H groups in total. The Morgan fingerprint density at radius 2 is 1.09 bits per heavy atom. The van der Waals surface area contributed by atoms with Crippen molar-refractivity contribution in [3.05, 3.63) is 65.2 Å². The average molecular weight is 449 g/mol. The van der Waals surface area contributed by atoms with Gasteiger partial charge >= 0.3 is 0 Å². The second-order valence-corrected chi connectivity index (χ2v) is 10.3. The van der Waals surface area contributed by atoms with E-state index in [0.717, 1.165) is 13.1 Å². The second-order valence-electron chi connectivity index (χ2n) is 10.3. The standard InChI is InChI=1S/C29H44N4/c1-30-17-5-19-32(23-21-30)25-28-11-9-26(10-12-28)7-3-4-8-27-13-15-29(16-14-27)33-20-6-18-31(2)22-24-33/h9-16H,3-8,17-25H2,1-2H3. The maximum absolute atomic E-state index is 2.61. The lowest BCUT2D eigenvalue weighted by Gasteiger charge is -2.23. The van der Waals surface area contributed by atoms with Gasteiger partial charge in [-0.05, 0) is 101 Å². The van der Waals surface area contributed by atoms with Crippen LogP contribution < -0.4 is 4.90 Å². The fraction of sp³-hybridized carbons (Fsp3) is 0.586. The molecule has 0 bridgehead atoms. The predicted octanol–water partition coefficient (Wildman–Crippen LogP) is 4.53. The molecule has 4 heteroatoms. The van der Waals surface area contributed by atoms with Gasteiger partial charge in [0.25, 0.3) is 0 Å². The van der Waals surface area contributed by atoms with Crippen LogP contribution >= 0.6 is 0 Å². The third-order valence-corrected chi connectivity index (χ3v) is 7.44. The highest BCUT2D eigenvalue weighted by molar-refractivity contribution is 5.47. The van der Waals surface area contributed by atoms with Crippen molar-refractivity contribution in [2.75, 3.05) is 71.4 Å². The van der Waals surface area contributed by atoms with Gasteiger partial charge in [-0.2, -0.15) is 0 Å². The molecule has 0 unspecified atom stereocenters. The number of aryl methyl sites for hydroxylation is 2. The summed E-state index contributed by atoms with van der Waals surface area (Å²) in [5, 5.41) is 0. The summed E-state index contributed by atoms with van der Waals surface area (Å²) >= 11 is 0. The molecule has 2 aromatic rings. The monoisotopic (exact) mass is 448 g/mol. The Morgan fingerprint density at radius 1 is 0.545 bits per heavy atom. The van der Waals surface area contributed by atoms with E-state index in [9.17, 15) is 0 Å². The van der Waals surface area contributed by atoms with Gasteiger partial charge in [0.2, 0.25) is 0 Å². The summed E-state index contributed by atoms with van der Waals surface area (Å²) in [6.07, 6.45) is 7.44. The number of unbranched alkanes of at least 4 members (excludes halogenated alkanes) is 1. The molecule has 0 aliphatic carbocycles. The molecule has 2 fully saturated rings. The van der Waals surface area contributed by atoms with E-state index in [1.807, 2.05) is 0 Å². The van der Waals surface area contributed by atoms with Crippen molar-refractivity contribution in [1.29, 1.82) is 0 Å². The summed E-state index contributed by atoms with van der Waals surface area (Å²) in [5.41, 5.74) is 5.81. The van der Waals surface area contributed by atoms with E-state index in [4.69, 9.17) is 0 Å². The van der Waals surface area contributed by atoms with E-state index < -0.39 is 0 Å². The molecule has 0 aromatic heterocycles. The molecule has 2 saturated heterocycles. The first-order chi connectivity index (χ1) is 16.2. The first kappa shape index (κ1) is 24.3. The number of rotatable bonds is 8. The van der Waals surface area contributed by atoms with Crippen LogP contribution in [0.4, 0.5) is 5.69 Å². The maximum Gasteiger partial charge on any atom is 0.0366 e. The summed E-state index contributed by atoms with van der Waals surface area (Å²) in [7, 11) is 4.47. The van der Waals surface area contributed by atoms with E-state index in [-0.39, 0.29) is 0 Å². The van der Waals surface area contributed by atoms with Gasteiger partial charge in [0.05, 0.1) is 0 Å². The molecule has 33 heavy (non-hydrogen) atoms. The van der Waals surface area contributed by atoms with Gasteiger partial charge in [0.15, 0.2) is 0 Å². The lowest BCUT2D eigenvalue weighted by Crippen LogP contribution is -2.28. The number of anilines is 1. The number of hydrogen-bond acceptors (Lipinski definition) is 4. The number of benzene rings is 2. The number of hydrogen-bond donors (Lipinski definition) is 0.